The topological polar surface area (TPSA) is 95.9 Å². The molecule has 1 amide bonds. The summed E-state index contributed by atoms with van der Waals surface area (Å²) >= 11 is 0. The maximum absolute atomic E-state index is 12.5. The minimum Gasteiger partial charge on any atom is -0.466 e. The van der Waals surface area contributed by atoms with Crippen molar-refractivity contribution in [3.8, 4) is 0 Å². The summed E-state index contributed by atoms with van der Waals surface area (Å²) in [5.41, 5.74) is 0. The number of carbonyl (C=O) groups excluding carboxylic acids is 2. The number of aliphatic hydroxyl groups excluding tert-OH is 2. The number of amides is 1. The number of rotatable bonds is 62. The number of unbranched alkanes of at least 4 members (excludes halogenated alkanes) is 49. The molecule has 0 saturated carbocycles. The number of allylic oxidation sites excluding steroid dienone is 2. The van der Waals surface area contributed by atoms with E-state index in [1.807, 2.05) is 0 Å². The van der Waals surface area contributed by atoms with Crippen LogP contribution < -0.4 is 5.32 Å². The van der Waals surface area contributed by atoms with Gasteiger partial charge in [-0.05, 0) is 44.9 Å². The number of hydrogen-bond acceptors (Lipinski definition) is 5. The number of esters is 1. The molecule has 2 atom stereocenters. The predicted molar refractivity (Wildman–Crippen MR) is 315 cm³/mol. The molecule has 0 radical (unpaired) electrons. The van der Waals surface area contributed by atoms with Gasteiger partial charge in [0.25, 0.3) is 0 Å². The van der Waals surface area contributed by atoms with Gasteiger partial charge in [-0.25, -0.2) is 0 Å². The van der Waals surface area contributed by atoms with Crippen LogP contribution in [0, 0.1) is 0 Å². The van der Waals surface area contributed by atoms with E-state index in [4.69, 9.17) is 4.74 Å². The number of carbonyl (C=O) groups is 2. The highest BCUT2D eigenvalue weighted by molar-refractivity contribution is 5.76. The van der Waals surface area contributed by atoms with Gasteiger partial charge in [-0.2, -0.15) is 0 Å². The third kappa shape index (κ3) is 57.9. The summed E-state index contributed by atoms with van der Waals surface area (Å²) in [5, 5.41) is 23.4. The van der Waals surface area contributed by atoms with Crippen LogP contribution in [0.25, 0.3) is 0 Å². The highest BCUT2D eigenvalue weighted by Crippen LogP contribution is 2.19. The molecule has 0 aromatic rings. The first kappa shape index (κ1) is 70.6. The van der Waals surface area contributed by atoms with E-state index in [1.165, 1.54) is 295 Å². The summed E-state index contributed by atoms with van der Waals surface area (Å²) in [6, 6.07) is -0.544. The second kappa shape index (κ2) is 62.1. The van der Waals surface area contributed by atoms with Gasteiger partial charge in [0.1, 0.15) is 0 Å². The molecule has 3 N–H and O–H groups in total. The summed E-state index contributed by atoms with van der Waals surface area (Å²) in [4.78, 5) is 24.5. The first-order chi connectivity index (χ1) is 35.5. The second-order valence-corrected chi connectivity index (χ2v) is 22.8. The molecule has 0 bridgehead atoms. The standard InChI is InChI=1S/C66H129NO5/c1-3-5-7-9-11-13-15-16-17-18-19-20-21-22-23-26-29-32-35-39-42-46-50-54-58-64(69)63(62-68)67-65(70)59-55-51-47-43-40-36-33-30-27-24-25-28-31-34-37-41-45-49-53-57-61-72-66(71)60-56-52-48-44-38-14-12-10-8-6-4-2/h10,12,63-64,68-69H,3-9,11,13-62H2,1-2H3,(H,67,70)/b12-10-. The molecule has 0 aromatic carbocycles. The van der Waals surface area contributed by atoms with Crippen LogP contribution in [0.15, 0.2) is 12.2 Å². The van der Waals surface area contributed by atoms with Crippen molar-refractivity contribution in [2.24, 2.45) is 0 Å². The number of nitrogens with one attached hydrogen (secondary N) is 1. The summed E-state index contributed by atoms with van der Waals surface area (Å²) < 4.78 is 5.46. The van der Waals surface area contributed by atoms with Crippen LogP contribution in [0.5, 0.6) is 0 Å². The van der Waals surface area contributed by atoms with Gasteiger partial charge in [0.2, 0.25) is 5.91 Å². The quantitative estimate of drug-likeness (QED) is 0.0320. The van der Waals surface area contributed by atoms with E-state index in [2.05, 4.69) is 31.3 Å². The fourth-order valence-corrected chi connectivity index (χ4v) is 10.5. The van der Waals surface area contributed by atoms with Crippen LogP contribution in [-0.4, -0.2) is 47.4 Å². The first-order valence-electron chi connectivity index (χ1n) is 32.9. The maximum Gasteiger partial charge on any atom is 0.305 e. The van der Waals surface area contributed by atoms with E-state index >= 15 is 0 Å². The molecule has 0 aliphatic rings. The van der Waals surface area contributed by atoms with Crippen LogP contribution in [0.3, 0.4) is 0 Å². The second-order valence-electron chi connectivity index (χ2n) is 22.8. The Morgan fingerprint density at radius 1 is 0.375 bits per heavy atom. The van der Waals surface area contributed by atoms with E-state index in [-0.39, 0.29) is 18.5 Å². The zero-order valence-electron chi connectivity index (χ0n) is 48.9. The minimum atomic E-state index is -0.666. The van der Waals surface area contributed by atoms with Gasteiger partial charge in [-0.1, -0.05) is 328 Å². The molecule has 0 heterocycles. The van der Waals surface area contributed by atoms with Crippen molar-refractivity contribution in [3.63, 3.8) is 0 Å². The smallest absolute Gasteiger partial charge is 0.305 e. The molecule has 2 unspecified atom stereocenters. The van der Waals surface area contributed by atoms with E-state index in [9.17, 15) is 19.8 Å². The Hall–Kier alpha value is -1.40. The molecule has 72 heavy (non-hydrogen) atoms. The van der Waals surface area contributed by atoms with Crippen LogP contribution in [0.2, 0.25) is 0 Å². The van der Waals surface area contributed by atoms with Crippen LogP contribution in [-0.2, 0) is 14.3 Å². The van der Waals surface area contributed by atoms with Gasteiger partial charge in [-0.15, -0.1) is 0 Å². The fraction of sp³-hybridized carbons (Fsp3) is 0.939. The Labute approximate surface area is 450 Å². The fourth-order valence-electron chi connectivity index (χ4n) is 10.5. The van der Waals surface area contributed by atoms with E-state index in [0.29, 0.717) is 25.9 Å². The molecule has 0 aliphatic heterocycles. The molecule has 0 rings (SSSR count). The largest absolute Gasteiger partial charge is 0.466 e. The number of aliphatic hydroxyl groups is 2. The predicted octanol–water partition coefficient (Wildman–Crippen LogP) is 20.8. The minimum absolute atomic E-state index is 0.000581. The van der Waals surface area contributed by atoms with Crippen molar-refractivity contribution in [2.75, 3.05) is 13.2 Å². The number of hydrogen-bond donors (Lipinski definition) is 3. The van der Waals surface area contributed by atoms with Crippen molar-refractivity contribution in [3.05, 3.63) is 12.2 Å². The van der Waals surface area contributed by atoms with Crippen LogP contribution in [0.4, 0.5) is 0 Å². The van der Waals surface area contributed by atoms with Crippen molar-refractivity contribution in [2.45, 2.75) is 386 Å². The Morgan fingerprint density at radius 2 is 0.667 bits per heavy atom. The highest BCUT2D eigenvalue weighted by Gasteiger charge is 2.20. The molecule has 0 spiro atoms. The molecule has 0 aliphatic carbocycles. The molecule has 428 valence electrons. The summed E-state index contributed by atoms with van der Waals surface area (Å²) in [6.07, 6.45) is 75.2. The van der Waals surface area contributed by atoms with E-state index < -0.39 is 12.1 Å². The lowest BCUT2D eigenvalue weighted by Crippen LogP contribution is -2.45. The molecule has 0 saturated heterocycles. The Morgan fingerprint density at radius 3 is 1.03 bits per heavy atom. The summed E-state index contributed by atoms with van der Waals surface area (Å²) in [5.74, 6) is -0.0316. The van der Waals surface area contributed by atoms with Gasteiger partial charge >= 0.3 is 5.97 Å². The lowest BCUT2D eigenvalue weighted by atomic mass is 10.0. The monoisotopic (exact) mass is 1020 g/mol. The Balaban J connectivity index is 3.39. The Kier molecular flexibility index (Phi) is 60.9. The van der Waals surface area contributed by atoms with Gasteiger partial charge in [-0.3, -0.25) is 9.59 Å². The van der Waals surface area contributed by atoms with Crippen molar-refractivity contribution >= 4 is 11.9 Å². The third-order valence-corrected chi connectivity index (χ3v) is 15.6. The molecular formula is C66H129NO5. The summed E-state index contributed by atoms with van der Waals surface area (Å²) in [6.45, 7) is 4.94. The van der Waals surface area contributed by atoms with Gasteiger partial charge < -0.3 is 20.3 Å². The van der Waals surface area contributed by atoms with Gasteiger partial charge in [0.05, 0.1) is 25.4 Å². The van der Waals surface area contributed by atoms with Gasteiger partial charge in [0.15, 0.2) is 0 Å². The number of ether oxygens (including phenoxy) is 1. The van der Waals surface area contributed by atoms with E-state index in [0.717, 1.165) is 44.9 Å². The zero-order valence-corrected chi connectivity index (χ0v) is 48.9. The van der Waals surface area contributed by atoms with E-state index in [1.54, 1.807) is 0 Å². The molecule has 0 fully saturated rings. The Bertz CT molecular complexity index is 1080. The van der Waals surface area contributed by atoms with Crippen molar-refractivity contribution < 1.29 is 24.5 Å². The molecule has 6 heteroatoms. The molecular weight excluding hydrogens is 887 g/mol. The molecule has 0 aromatic heterocycles. The van der Waals surface area contributed by atoms with Crippen LogP contribution in [0.1, 0.15) is 373 Å². The summed E-state index contributed by atoms with van der Waals surface area (Å²) in [7, 11) is 0. The lowest BCUT2D eigenvalue weighted by molar-refractivity contribution is -0.143. The highest BCUT2D eigenvalue weighted by atomic mass is 16.5. The maximum atomic E-state index is 12.5. The SMILES string of the molecule is CCCC/C=C\CCCCCCCC(=O)OCCCCCCCCCCCCCCCCCCCCCCC(=O)NC(CO)C(O)CCCCCCCCCCCCCCCCCCCCCCCCCC. The normalized spacial score (nSPS) is 12.6. The average molecular weight is 1020 g/mol. The average Bonchev–Trinajstić information content (AvgIpc) is 3.38. The lowest BCUT2D eigenvalue weighted by Gasteiger charge is -2.22. The van der Waals surface area contributed by atoms with Crippen molar-refractivity contribution in [1.82, 2.24) is 5.32 Å². The van der Waals surface area contributed by atoms with Gasteiger partial charge in [0, 0.05) is 12.8 Å². The first-order valence-corrected chi connectivity index (χ1v) is 32.9. The molecule has 6 nitrogen and oxygen atoms in total. The third-order valence-electron chi connectivity index (χ3n) is 15.6. The zero-order chi connectivity index (χ0) is 52.2. The van der Waals surface area contributed by atoms with Crippen LogP contribution >= 0.6 is 0 Å². The van der Waals surface area contributed by atoms with Crippen molar-refractivity contribution in [1.29, 1.82) is 0 Å².